The van der Waals surface area contributed by atoms with Crippen LogP contribution in [0.3, 0.4) is 0 Å². The molecule has 0 aromatic carbocycles. The van der Waals surface area contributed by atoms with Crippen LogP contribution < -0.4 is 0 Å². The molecule has 0 fully saturated rings. The van der Waals surface area contributed by atoms with Crippen molar-refractivity contribution in [1.82, 2.24) is 0 Å². The molecule has 1 aromatic heterocycles. The van der Waals surface area contributed by atoms with Crippen LogP contribution in [-0.2, 0) is 10.3 Å². The number of hydrogen-bond acceptors (Lipinski definition) is 4. The number of hydrogen-bond donors (Lipinski definition) is 1. The summed E-state index contributed by atoms with van der Waals surface area (Å²) in [5, 5.41) is 8.73. The Morgan fingerprint density at radius 2 is 2.20 bits per heavy atom. The minimum atomic E-state index is -2.42. The lowest BCUT2D eigenvalue weighted by molar-refractivity contribution is 0.453. The van der Waals surface area contributed by atoms with Crippen molar-refractivity contribution in [2.45, 2.75) is 0 Å². The lowest BCUT2D eigenvalue weighted by atomic mass is 10.5. The first-order valence-corrected chi connectivity index (χ1v) is 3.48. The first-order valence-electron chi connectivity index (χ1n) is 2.40. The van der Waals surface area contributed by atoms with E-state index in [0.717, 1.165) is 12.3 Å². The van der Waals surface area contributed by atoms with E-state index in [4.69, 9.17) is 5.11 Å². The van der Waals surface area contributed by atoms with Crippen molar-refractivity contribution in [2.24, 2.45) is 0 Å². The fraction of sp³-hybridized carbons (Fsp3) is 0. The molecule has 0 unspecified atom stereocenters. The maximum Gasteiger partial charge on any atom is 0.257 e. The molecule has 10 heavy (non-hydrogen) atoms. The molecule has 0 aliphatic rings. The summed E-state index contributed by atoms with van der Waals surface area (Å²) in [6.45, 7) is 0. The Bertz CT molecular complexity index is 378. The van der Waals surface area contributed by atoms with E-state index in [2.05, 4.69) is 4.42 Å². The van der Waals surface area contributed by atoms with Crippen LogP contribution in [0, 0.1) is 4.71 Å². The van der Waals surface area contributed by atoms with Crippen molar-refractivity contribution in [3.05, 3.63) is 23.1 Å². The van der Waals surface area contributed by atoms with Crippen molar-refractivity contribution >= 4 is 10.3 Å². The predicted molar refractivity (Wildman–Crippen MR) is 32.5 cm³/mol. The van der Waals surface area contributed by atoms with E-state index in [-0.39, 0.29) is 10.5 Å². The van der Waals surface area contributed by atoms with Gasteiger partial charge in [-0.2, -0.15) is 8.42 Å². The van der Waals surface area contributed by atoms with E-state index in [1.165, 1.54) is 6.07 Å². The van der Waals surface area contributed by atoms with Gasteiger partial charge in [-0.1, -0.05) is 0 Å². The van der Waals surface area contributed by atoms with Gasteiger partial charge in [0, 0.05) is 12.1 Å². The molecule has 0 amide bonds. The van der Waals surface area contributed by atoms with Crippen molar-refractivity contribution < 1.29 is 17.9 Å². The van der Waals surface area contributed by atoms with E-state index in [9.17, 15) is 8.42 Å². The SMILES string of the molecule is O=S(=O)=c1cc(O)cco1. The van der Waals surface area contributed by atoms with E-state index in [1.807, 2.05) is 0 Å². The van der Waals surface area contributed by atoms with Crippen molar-refractivity contribution in [3.8, 4) is 5.75 Å². The zero-order valence-corrected chi connectivity index (χ0v) is 5.63. The van der Waals surface area contributed by atoms with Gasteiger partial charge in [0.15, 0.2) is 0 Å². The summed E-state index contributed by atoms with van der Waals surface area (Å²) in [4.78, 5) is 0. The second kappa shape index (κ2) is 2.57. The highest BCUT2D eigenvalue weighted by molar-refractivity contribution is 7.63. The van der Waals surface area contributed by atoms with Gasteiger partial charge in [-0.3, -0.25) is 0 Å². The van der Waals surface area contributed by atoms with Crippen LogP contribution in [0.4, 0.5) is 0 Å². The van der Waals surface area contributed by atoms with Crippen LogP contribution in [0.1, 0.15) is 0 Å². The van der Waals surface area contributed by atoms with E-state index >= 15 is 0 Å². The largest absolute Gasteiger partial charge is 0.508 e. The zero-order chi connectivity index (χ0) is 7.56. The first kappa shape index (κ1) is 6.88. The van der Waals surface area contributed by atoms with Gasteiger partial charge in [-0.25, -0.2) is 0 Å². The molecule has 4 nitrogen and oxygen atoms in total. The smallest absolute Gasteiger partial charge is 0.257 e. The van der Waals surface area contributed by atoms with Crippen molar-refractivity contribution in [2.75, 3.05) is 0 Å². The van der Waals surface area contributed by atoms with Gasteiger partial charge in [0.2, 0.25) is 4.71 Å². The molecule has 1 heterocycles. The summed E-state index contributed by atoms with van der Waals surface area (Å²) >= 11 is 0. The minimum absolute atomic E-state index is 0.134. The predicted octanol–water partition coefficient (Wildman–Crippen LogP) is 0.396. The van der Waals surface area contributed by atoms with Crippen LogP contribution in [-0.4, -0.2) is 13.5 Å². The highest BCUT2D eigenvalue weighted by Crippen LogP contribution is 2.05. The normalized spacial score (nSPS) is 9.20. The minimum Gasteiger partial charge on any atom is -0.508 e. The summed E-state index contributed by atoms with van der Waals surface area (Å²) in [6, 6.07) is 2.26. The van der Waals surface area contributed by atoms with Crippen LogP contribution in [0.25, 0.3) is 0 Å². The monoisotopic (exact) mass is 160 g/mol. The fourth-order valence-corrected chi connectivity index (χ4v) is 0.812. The lowest BCUT2D eigenvalue weighted by Crippen LogP contribution is -1.67. The van der Waals surface area contributed by atoms with Gasteiger partial charge in [0.1, 0.15) is 5.75 Å². The zero-order valence-electron chi connectivity index (χ0n) is 4.81. The third-order valence-corrected chi connectivity index (χ3v) is 1.40. The first-order chi connectivity index (χ1) is 4.70. The molecule has 0 aliphatic carbocycles. The fourth-order valence-electron chi connectivity index (χ4n) is 0.461. The maximum absolute atomic E-state index is 10.1. The third kappa shape index (κ3) is 1.38. The summed E-state index contributed by atoms with van der Waals surface area (Å²) < 4.78 is 24.5. The molecular weight excluding hydrogens is 156 g/mol. The van der Waals surface area contributed by atoms with Crippen molar-refractivity contribution in [3.63, 3.8) is 0 Å². The standard InChI is InChI=1S/C5H4O4S/c6-4-1-2-9-5(3-4)10(7)8/h1-3,6H. The molecule has 1 aromatic rings. The van der Waals surface area contributed by atoms with E-state index < -0.39 is 10.3 Å². The molecule has 1 N–H and O–H groups in total. The van der Waals surface area contributed by atoms with E-state index in [0.29, 0.717) is 0 Å². The quantitative estimate of drug-likeness (QED) is 0.557. The highest BCUT2D eigenvalue weighted by atomic mass is 32.2. The molecule has 0 aliphatic heterocycles. The van der Waals surface area contributed by atoms with Gasteiger partial charge in [0.05, 0.1) is 6.26 Å². The highest BCUT2D eigenvalue weighted by Gasteiger charge is 1.87. The second-order valence-corrected chi connectivity index (χ2v) is 2.42. The van der Waals surface area contributed by atoms with Gasteiger partial charge in [-0.05, 0) is 0 Å². The maximum atomic E-state index is 10.1. The summed E-state index contributed by atoms with van der Waals surface area (Å²) in [6.07, 6.45) is 1.10. The Balaban J connectivity index is 3.65. The van der Waals surface area contributed by atoms with Crippen LogP contribution in [0.2, 0.25) is 0 Å². The topological polar surface area (TPSA) is 67.5 Å². The summed E-state index contributed by atoms with van der Waals surface area (Å²) in [5.74, 6) is -0.134. The van der Waals surface area contributed by atoms with Crippen molar-refractivity contribution in [1.29, 1.82) is 0 Å². The Kier molecular flexibility index (Phi) is 1.77. The molecule has 0 saturated heterocycles. The van der Waals surface area contributed by atoms with Crippen LogP contribution in [0.15, 0.2) is 22.8 Å². The molecule has 0 atom stereocenters. The lowest BCUT2D eigenvalue weighted by Gasteiger charge is -1.84. The Morgan fingerprint density at radius 1 is 1.50 bits per heavy atom. The summed E-state index contributed by atoms with van der Waals surface area (Å²) in [7, 11) is -2.42. The number of rotatable bonds is 0. The van der Waals surface area contributed by atoms with Gasteiger partial charge in [-0.15, -0.1) is 0 Å². The van der Waals surface area contributed by atoms with E-state index in [1.54, 1.807) is 0 Å². The Hall–Kier alpha value is -1.23. The second-order valence-electron chi connectivity index (χ2n) is 1.54. The molecule has 0 spiro atoms. The number of aromatic hydroxyl groups is 1. The molecule has 0 bridgehead atoms. The molecule has 54 valence electrons. The molecule has 1 rings (SSSR count). The van der Waals surface area contributed by atoms with Gasteiger partial charge >= 0.3 is 0 Å². The van der Waals surface area contributed by atoms with Gasteiger partial charge < -0.3 is 9.52 Å². The molecular formula is C5H4O4S. The Morgan fingerprint density at radius 3 is 2.60 bits per heavy atom. The van der Waals surface area contributed by atoms with Crippen LogP contribution >= 0.6 is 0 Å². The molecule has 5 heteroatoms. The van der Waals surface area contributed by atoms with Crippen LogP contribution in [0.5, 0.6) is 5.75 Å². The molecule has 0 saturated carbocycles. The summed E-state index contributed by atoms with van der Waals surface area (Å²) in [5.41, 5.74) is 0. The average molecular weight is 160 g/mol. The van der Waals surface area contributed by atoms with Gasteiger partial charge in [0.25, 0.3) is 10.3 Å². The Labute approximate surface area is 57.9 Å². The molecule has 0 radical (unpaired) electrons. The third-order valence-electron chi connectivity index (χ3n) is 0.853. The average Bonchev–Trinajstić information content (AvgIpc) is 1.88.